The first-order valence-corrected chi connectivity index (χ1v) is 2.77. The molecule has 40 valence electrons. The minimum Gasteiger partial charge on any atom is -0.368 e. The molecule has 0 aromatic carbocycles. The molecule has 0 bridgehead atoms. The van der Waals surface area contributed by atoms with Gasteiger partial charge in [-0.3, -0.25) is 0 Å². The molecule has 1 nitrogen and oxygen atoms in total. The predicted octanol–water partition coefficient (Wildman–Crippen LogP) is 1.23. The summed E-state index contributed by atoms with van der Waals surface area (Å²) in [6.07, 6.45) is 1.25. The van der Waals surface area contributed by atoms with Crippen LogP contribution in [0.25, 0.3) is 0 Å². The standard InChI is InChI=1S/C6H11N/c1-3-4-7-5-6(7)2/h2-5H2,1H3. The second-order valence-corrected chi connectivity index (χ2v) is 1.99. The van der Waals surface area contributed by atoms with E-state index in [0.29, 0.717) is 0 Å². The molecule has 0 radical (unpaired) electrons. The van der Waals surface area contributed by atoms with Gasteiger partial charge >= 0.3 is 0 Å². The van der Waals surface area contributed by atoms with E-state index in [0.717, 1.165) is 6.54 Å². The Morgan fingerprint density at radius 3 is 2.57 bits per heavy atom. The van der Waals surface area contributed by atoms with Gasteiger partial charge in [-0.1, -0.05) is 13.5 Å². The van der Waals surface area contributed by atoms with E-state index < -0.39 is 0 Å². The molecule has 0 saturated carbocycles. The molecule has 1 heterocycles. The summed E-state index contributed by atoms with van der Waals surface area (Å²) >= 11 is 0. The third kappa shape index (κ3) is 0.952. The van der Waals surface area contributed by atoms with E-state index in [9.17, 15) is 0 Å². The van der Waals surface area contributed by atoms with Crippen molar-refractivity contribution < 1.29 is 0 Å². The molecule has 1 rings (SSSR count). The Labute approximate surface area is 44.6 Å². The molecule has 0 aliphatic carbocycles. The topological polar surface area (TPSA) is 3.01 Å². The predicted molar refractivity (Wildman–Crippen MR) is 31.0 cm³/mol. The smallest absolute Gasteiger partial charge is 0.0570 e. The lowest BCUT2D eigenvalue weighted by Crippen LogP contribution is -1.94. The lowest BCUT2D eigenvalue weighted by molar-refractivity contribution is 0.574. The molecular weight excluding hydrogens is 86.1 g/mol. The lowest BCUT2D eigenvalue weighted by Gasteiger charge is -1.92. The van der Waals surface area contributed by atoms with Crippen molar-refractivity contribution in [2.24, 2.45) is 0 Å². The van der Waals surface area contributed by atoms with Crippen LogP contribution in [0.4, 0.5) is 0 Å². The van der Waals surface area contributed by atoms with E-state index in [4.69, 9.17) is 0 Å². The molecule has 0 N–H and O–H groups in total. The highest BCUT2D eigenvalue weighted by Gasteiger charge is 2.19. The first kappa shape index (κ1) is 4.69. The summed E-state index contributed by atoms with van der Waals surface area (Å²) in [6, 6.07) is 0. The summed E-state index contributed by atoms with van der Waals surface area (Å²) in [7, 11) is 0. The van der Waals surface area contributed by atoms with Crippen LogP contribution >= 0.6 is 0 Å². The minimum atomic E-state index is 1.15. The van der Waals surface area contributed by atoms with Gasteiger partial charge in [0, 0.05) is 12.2 Å². The van der Waals surface area contributed by atoms with Gasteiger partial charge in [0.1, 0.15) is 0 Å². The zero-order valence-electron chi connectivity index (χ0n) is 4.78. The van der Waals surface area contributed by atoms with Crippen LogP contribution in [0.3, 0.4) is 0 Å². The molecule has 0 unspecified atom stereocenters. The number of nitrogens with zero attached hydrogens (tertiary/aromatic N) is 1. The maximum atomic E-state index is 3.79. The van der Waals surface area contributed by atoms with Crippen LogP contribution in [-0.2, 0) is 0 Å². The van der Waals surface area contributed by atoms with Crippen LogP contribution in [0.1, 0.15) is 13.3 Å². The molecule has 0 spiro atoms. The average molecular weight is 97.2 g/mol. The highest BCUT2D eigenvalue weighted by Crippen LogP contribution is 2.18. The Balaban J connectivity index is 2.09. The molecule has 0 aromatic heterocycles. The minimum absolute atomic E-state index is 1.15. The Morgan fingerprint density at radius 2 is 2.43 bits per heavy atom. The van der Waals surface area contributed by atoms with Gasteiger partial charge in [-0.2, -0.15) is 0 Å². The van der Waals surface area contributed by atoms with Crippen LogP contribution in [-0.4, -0.2) is 18.0 Å². The van der Waals surface area contributed by atoms with Gasteiger partial charge in [-0.25, -0.2) is 0 Å². The second kappa shape index (κ2) is 1.57. The highest BCUT2D eigenvalue weighted by atomic mass is 15.3. The highest BCUT2D eigenvalue weighted by molar-refractivity contribution is 5.12. The number of hydrogen-bond acceptors (Lipinski definition) is 1. The van der Waals surface area contributed by atoms with Crippen molar-refractivity contribution in [1.29, 1.82) is 0 Å². The van der Waals surface area contributed by atoms with Gasteiger partial charge in [0.2, 0.25) is 0 Å². The van der Waals surface area contributed by atoms with Crippen molar-refractivity contribution in [3.8, 4) is 0 Å². The maximum Gasteiger partial charge on any atom is 0.0570 e. The largest absolute Gasteiger partial charge is 0.368 e. The monoisotopic (exact) mass is 97.1 g/mol. The molecular formula is C6H11N. The fraction of sp³-hybridized carbons (Fsp3) is 0.667. The Kier molecular flexibility index (Phi) is 1.05. The number of rotatable bonds is 2. The second-order valence-electron chi connectivity index (χ2n) is 1.99. The van der Waals surface area contributed by atoms with Gasteiger partial charge in [0.05, 0.1) is 6.54 Å². The van der Waals surface area contributed by atoms with Crippen LogP contribution in [0.5, 0.6) is 0 Å². The summed E-state index contributed by atoms with van der Waals surface area (Å²) in [5, 5.41) is 0. The van der Waals surface area contributed by atoms with Gasteiger partial charge in [-0.05, 0) is 6.42 Å². The van der Waals surface area contributed by atoms with E-state index in [1.807, 2.05) is 0 Å². The van der Waals surface area contributed by atoms with Gasteiger partial charge < -0.3 is 4.90 Å². The Morgan fingerprint density at radius 1 is 1.86 bits per heavy atom. The van der Waals surface area contributed by atoms with Crippen molar-refractivity contribution >= 4 is 0 Å². The van der Waals surface area contributed by atoms with Crippen LogP contribution < -0.4 is 0 Å². The fourth-order valence-electron chi connectivity index (χ4n) is 0.692. The molecule has 1 fully saturated rings. The van der Waals surface area contributed by atoms with E-state index in [-0.39, 0.29) is 0 Å². The normalized spacial score (nSPS) is 17.9. The molecule has 0 atom stereocenters. The number of hydrogen-bond donors (Lipinski definition) is 0. The first-order chi connectivity index (χ1) is 3.34. The van der Waals surface area contributed by atoms with Crippen molar-refractivity contribution in [1.82, 2.24) is 4.90 Å². The van der Waals surface area contributed by atoms with Crippen LogP contribution in [0.15, 0.2) is 12.3 Å². The van der Waals surface area contributed by atoms with Crippen molar-refractivity contribution in [2.45, 2.75) is 13.3 Å². The van der Waals surface area contributed by atoms with Crippen LogP contribution in [0, 0.1) is 0 Å². The first-order valence-electron chi connectivity index (χ1n) is 2.77. The van der Waals surface area contributed by atoms with Gasteiger partial charge in [-0.15, -0.1) is 0 Å². The fourth-order valence-corrected chi connectivity index (χ4v) is 0.692. The van der Waals surface area contributed by atoms with E-state index >= 15 is 0 Å². The van der Waals surface area contributed by atoms with Crippen molar-refractivity contribution in [3.05, 3.63) is 12.3 Å². The molecule has 0 amide bonds. The maximum absolute atomic E-state index is 3.79. The van der Waals surface area contributed by atoms with E-state index in [2.05, 4.69) is 18.4 Å². The lowest BCUT2D eigenvalue weighted by atomic mass is 10.5. The zero-order chi connectivity index (χ0) is 5.28. The molecule has 0 aromatic rings. The molecule has 1 aliphatic rings. The van der Waals surface area contributed by atoms with E-state index in [1.54, 1.807) is 0 Å². The molecule has 1 heteroatoms. The summed E-state index contributed by atoms with van der Waals surface area (Å²) < 4.78 is 0. The molecule has 1 aliphatic heterocycles. The summed E-state index contributed by atoms with van der Waals surface area (Å²) in [5.41, 5.74) is 1.31. The summed E-state index contributed by atoms with van der Waals surface area (Å²) in [6.45, 7) is 8.33. The molecule has 1 saturated heterocycles. The SMILES string of the molecule is C=C1CN1CCC. The quantitative estimate of drug-likeness (QED) is 0.468. The van der Waals surface area contributed by atoms with Gasteiger partial charge in [0.25, 0.3) is 0 Å². The third-order valence-electron chi connectivity index (χ3n) is 1.21. The third-order valence-corrected chi connectivity index (χ3v) is 1.21. The Hall–Kier alpha value is -0.460. The van der Waals surface area contributed by atoms with Gasteiger partial charge in [0.15, 0.2) is 0 Å². The molecule has 7 heavy (non-hydrogen) atoms. The van der Waals surface area contributed by atoms with E-state index in [1.165, 1.54) is 18.7 Å². The van der Waals surface area contributed by atoms with Crippen molar-refractivity contribution in [3.63, 3.8) is 0 Å². The van der Waals surface area contributed by atoms with Crippen LogP contribution in [0.2, 0.25) is 0 Å². The van der Waals surface area contributed by atoms with Crippen molar-refractivity contribution in [2.75, 3.05) is 13.1 Å². The summed E-state index contributed by atoms with van der Waals surface area (Å²) in [4.78, 5) is 2.28. The Bertz CT molecular complexity index is 86.2. The summed E-state index contributed by atoms with van der Waals surface area (Å²) in [5.74, 6) is 0. The average Bonchev–Trinajstić information content (AvgIpc) is 2.22. The zero-order valence-corrected chi connectivity index (χ0v) is 4.78.